The lowest BCUT2D eigenvalue weighted by molar-refractivity contribution is -0.119. The maximum absolute atomic E-state index is 10.7. The number of hydrogen-bond acceptors (Lipinski definition) is 5. The first-order valence-electron chi connectivity index (χ1n) is 8.17. The third-order valence-corrected chi connectivity index (χ3v) is 4.95. The summed E-state index contributed by atoms with van der Waals surface area (Å²) in [7, 11) is 0. The molecule has 2 N–H and O–H groups in total. The van der Waals surface area contributed by atoms with Gasteiger partial charge in [0, 0.05) is 38.3 Å². The van der Waals surface area contributed by atoms with Gasteiger partial charge in [0.1, 0.15) is 0 Å². The van der Waals surface area contributed by atoms with E-state index in [1.165, 1.54) is 0 Å². The molecular weight excluding hydrogens is 270 g/mol. The molecule has 1 amide bonds. The van der Waals surface area contributed by atoms with Gasteiger partial charge in [-0.2, -0.15) is 0 Å². The van der Waals surface area contributed by atoms with Gasteiger partial charge in [0.25, 0.3) is 0 Å². The van der Waals surface area contributed by atoms with Crippen molar-refractivity contribution in [1.82, 2.24) is 14.7 Å². The van der Waals surface area contributed by atoms with E-state index in [0.29, 0.717) is 25.2 Å². The lowest BCUT2D eigenvalue weighted by atomic mass is 9.97. The average molecular weight is 299 g/mol. The van der Waals surface area contributed by atoms with Crippen molar-refractivity contribution in [1.29, 1.82) is 0 Å². The maximum Gasteiger partial charge on any atom is 0.209 e. The number of carbonyl (C=O) groups is 1. The van der Waals surface area contributed by atoms with Gasteiger partial charge in [-0.15, -0.1) is 0 Å². The largest absolute Gasteiger partial charge is 0.395 e. The van der Waals surface area contributed by atoms with Crippen LogP contribution in [0.25, 0.3) is 0 Å². The van der Waals surface area contributed by atoms with Crippen molar-refractivity contribution in [2.45, 2.75) is 37.8 Å². The van der Waals surface area contributed by atoms with Gasteiger partial charge in [0.15, 0.2) is 0 Å². The van der Waals surface area contributed by atoms with Gasteiger partial charge in [-0.1, -0.05) is 0 Å². The predicted octanol–water partition coefficient (Wildman–Crippen LogP) is -0.642. The van der Waals surface area contributed by atoms with Gasteiger partial charge in [0.2, 0.25) is 6.41 Å². The number of aliphatic hydroxyl groups excluding tert-OH is 2. The van der Waals surface area contributed by atoms with Crippen molar-refractivity contribution in [2.24, 2.45) is 0 Å². The third kappa shape index (κ3) is 4.64. The molecule has 2 heterocycles. The van der Waals surface area contributed by atoms with Gasteiger partial charge in [-0.3, -0.25) is 9.69 Å². The Morgan fingerprint density at radius 2 is 1.52 bits per heavy atom. The van der Waals surface area contributed by atoms with E-state index in [2.05, 4.69) is 9.80 Å². The molecule has 0 aromatic carbocycles. The number of piperidine rings is 2. The molecule has 2 saturated heterocycles. The molecule has 2 rings (SSSR count). The predicted molar refractivity (Wildman–Crippen MR) is 81.0 cm³/mol. The average Bonchev–Trinajstić information content (AvgIpc) is 2.55. The summed E-state index contributed by atoms with van der Waals surface area (Å²) in [6, 6.07) is 1.10. The smallest absolute Gasteiger partial charge is 0.209 e. The molecule has 0 unspecified atom stereocenters. The molecule has 2 aliphatic rings. The summed E-state index contributed by atoms with van der Waals surface area (Å²) in [5, 5.41) is 18.3. The lowest BCUT2D eigenvalue weighted by Crippen LogP contribution is -2.51. The van der Waals surface area contributed by atoms with Crippen LogP contribution in [0.2, 0.25) is 0 Å². The second kappa shape index (κ2) is 8.68. The summed E-state index contributed by atoms with van der Waals surface area (Å²) in [6.07, 6.45) is 5.34. The number of hydrogen-bond donors (Lipinski definition) is 2. The fourth-order valence-electron chi connectivity index (χ4n) is 3.71. The summed E-state index contributed by atoms with van der Waals surface area (Å²) >= 11 is 0. The van der Waals surface area contributed by atoms with E-state index in [1.807, 2.05) is 4.90 Å². The summed E-state index contributed by atoms with van der Waals surface area (Å²) in [5.74, 6) is 0. The SMILES string of the molecule is O=CN1CCC(N2CCC(N(CCO)CCO)CC2)CC1. The molecule has 2 aliphatic heterocycles. The zero-order chi connectivity index (χ0) is 15.1. The van der Waals surface area contributed by atoms with Crippen LogP contribution >= 0.6 is 0 Å². The second-order valence-electron chi connectivity index (χ2n) is 6.12. The molecule has 0 aromatic heterocycles. The topological polar surface area (TPSA) is 67.3 Å². The van der Waals surface area contributed by atoms with E-state index in [9.17, 15) is 4.79 Å². The fourth-order valence-corrected chi connectivity index (χ4v) is 3.71. The molecule has 0 aliphatic carbocycles. The van der Waals surface area contributed by atoms with Crippen LogP contribution in [0.3, 0.4) is 0 Å². The highest BCUT2D eigenvalue weighted by molar-refractivity contribution is 5.47. The van der Waals surface area contributed by atoms with Crippen LogP contribution in [0.4, 0.5) is 0 Å². The summed E-state index contributed by atoms with van der Waals surface area (Å²) in [5.41, 5.74) is 0. The Morgan fingerprint density at radius 1 is 0.952 bits per heavy atom. The molecule has 0 radical (unpaired) electrons. The minimum atomic E-state index is 0.157. The Balaban J connectivity index is 1.76. The first-order chi connectivity index (χ1) is 10.3. The van der Waals surface area contributed by atoms with E-state index < -0.39 is 0 Å². The first-order valence-corrected chi connectivity index (χ1v) is 8.17. The van der Waals surface area contributed by atoms with Crippen LogP contribution in [0.1, 0.15) is 25.7 Å². The fraction of sp³-hybridized carbons (Fsp3) is 0.933. The number of carbonyl (C=O) groups excluding carboxylic acids is 1. The molecule has 0 atom stereocenters. The molecule has 0 saturated carbocycles. The monoisotopic (exact) mass is 299 g/mol. The minimum Gasteiger partial charge on any atom is -0.395 e. The van der Waals surface area contributed by atoms with E-state index in [4.69, 9.17) is 10.2 Å². The molecular formula is C15H29N3O3. The Bertz CT molecular complexity index is 295. The number of aliphatic hydroxyl groups is 2. The van der Waals surface area contributed by atoms with E-state index in [1.54, 1.807) is 0 Å². The van der Waals surface area contributed by atoms with Crippen LogP contribution in [-0.2, 0) is 4.79 Å². The number of amides is 1. The Morgan fingerprint density at radius 3 is 2.00 bits per heavy atom. The van der Waals surface area contributed by atoms with E-state index in [0.717, 1.165) is 58.3 Å². The second-order valence-corrected chi connectivity index (χ2v) is 6.12. The van der Waals surface area contributed by atoms with Crippen molar-refractivity contribution >= 4 is 6.41 Å². The lowest BCUT2D eigenvalue weighted by Gasteiger charge is -2.43. The molecule has 0 aromatic rings. The quantitative estimate of drug-likeness (QED) is 0.612. The Kier molecular flexibility index (Phi) is 6.89. The molecule has 0 bridgehead atoms. The van der Waals surface area contributed by atoms with Crippen LogP contribution in [0.15, 0.2) is 0 Å². The van der Waals surface area contributed by atoms with Gasteiger partial charge < -0.3 is 20.0 Å². The highest BCUT2D eigenvalue weighted by Crippen LogP contribution is 2.22. The van der Waals surface area contributed by atoms with Crippen molar-refractivity contribution in [2.75, 3.05) is 52.5 Å². The third-order valence-electron chi connectivity index (χ3n) is 4.95. The van der Waals surface area contributed by atoms with Crippen molar-refractivity contribution in [3.05, 3.63) is 0 Å². The van der Waals surface area contributed by atoms with Gasteiger partial charge in [-0.25, -0.2) is 0 Å². The highest BCUT2D eigenvalue weighted by Gasteiger charge is 2.29. The van der Waals surface area contributed by atoms with Crippen molar-refractivity contribution in [3.63, 3.8) is 0 Å². The van der Waals surface area contributed by atoms with Crippen molar-refractivity contribution in [3.8, 4) is 0 Å². The summed E-state index contributed by atoms with van der Waals surface area (Å²) in [4.78, 5) is 17.4. The molecule has 0 spiro atoms. The van der Waals surface area contributed by atoms with Crippen LogP contribution < -0.4 is 0 Å². The van der Waals surface area contributed by atoms with Gasteiger partial charge >= 0.3 is 0 Å². The normalized spacial score (nSPS) is 22.9. The van der Waals surface area contributed by atoms with Gasteiger partial charge in [0.05, 0.1) is 13.2 Å². The zero-order valence-corrected chi connectivity index (χ0v) is 12.9. The zero-order valence-electron chi connectivity index (χ0n) is 12.9. The maximum atomic E-state index is 10.7. The molecule has 6 nitrogen and oxygen atoms in total. The molecule has 2 fully saturated rings. The van der Waals surface area contributed by atoms with Crippen LogP contribution in [0.5, 0.6) is 0 Å². The minimum absolute atomic E-state index is 0.157. The van der Waals surface area contributed by atoms with Crippen LogP contribution in [-0.4, -0.2) is 95.9 Å². The standard InChI is InChI=1S/C15H29N3O3/c19-11-9-18(10-12-20)15-3-7-17(8-4-15)14-1-5-16(13-21)6-2-14/h13-15,19-20H,1-12H2. The van der Waals surface area contributed by atoms with Gasteiger partial charge in [-0.05, 0) is 38.8 Å². The van der Waals surface area contributed by atoms with Crippen molar-refractivity contribution < 1.29 is 15.0 Å². The number of nitrogens with zero attached hydrogens (tertiary/aromatic N) is 3. The van der Waals surface area contributed by atoms with Crippen LogP contribution in [0, 0.1) is 0 Å². The van der Waals surface area contributed by atoms with E-state index >= 15 is 0 Å². The number of rotatable bonds is 7. The molecule has 6 heteroatoms. The Hall–Kier alpha value is -0.690. The summed E-state index contributed by atoms with van der Waals surface area (Å²) in [6.45, 7) is 5.57. The summed E-state index contributed by atoms with van der Waals surface area (Å²) < 4.78 is 0. The Labute approximate surface area is 127 Å². The molecule has 122 valence electrons. The number of likely N-dealkylation sites (tertiary alicyclic amines) is 2. The molecule has 21 heavy (non-hydrogen) atoms. The first kappa shape index (κ1) is 16.7. The van der Waals surface area contributed by atoms with E-state index in [-0.39, 0.29) is 13.2 Å². The highest BCUT2D eigenvalue weighted by atomic mass is 16.3.